The molecular formula is C14H16F3N3O. The third kappa shape index (κ3) is 4.56. The summed E-state index contributed by atoms with van der Waals surface area (Å²) in [6.45, 7) is 3.65. The molecule has 0 fully saturated rings. The van der Waals surface area contributed by atoms with Crippen molar-refractivity contribution in [2.24, 2.45) is 5.73 Å². The van der Waals surface area contributed by atoms with Crippen molar-refractivity contribution in [2.75, 3.05) is 0 Å². The Bertz CT molecular complexity index is 614. The molecule has 2 aromatic rings. The number of benzene rings is 1. The average molecular weight is 299 g/mol. The molecule has 0 saturated heterocycles. The third-order valence-corrected chi connectivity index (χ3v) is 2.73. The molecule has 4 nitrogen and oxygen atoms in total. The minimum absolute atomic E-state index is 0.179. The highest BCUT2D eigenvalue weighted by Gasteiger charge is 2.30. The van der Waals surface area contributed by atoms with Crippen LogP contribution in [0.5, 0.6) is 0 Å². The average Bonchev–Trinajstić information content (AvgIpc) is 2.73. The van der Waals surface area contributed by atoms with Crippen LogP contribution in [0.4, 0.5) is 13.2 Å². The van der Waals surface area contributed by atoms with Crippen LogP contribution in [0.15, 0.2) is 28.8 Å². The molecule has 114 valence electrons. The predicted molar refractivity (Wildman–Crippen MR) is 70.5 cm³/mol. The first-order chi connectivity index (χ1) is 9.63. The minimum Gasteiger partial charge on any atom is -0.339 e. The van der Waals surface area contributed by atoms with Crippen LogP contribution in [0.2, 0.25) is 0 Å². The molecule has 0 radical (unpaired) electrons. The van der Waals surface area contributed by atoms with Crippen molar-refractivity contribution in [3.05, 3.63) is 47.1 Å². The Morgan fingerprint density at radius 1 is 1.24 bits per heavy atom. The van der Waals surface area contributed by atoms with Gasteiger partial charge in [-0.3, -0.25) is 0 Å². The van der Waals surface area contributed by atoms with Gasteiger partial charge in [0.25, 0.3) is 0 Å². The van der Waals surface area contributed by atoms with Gasteiger partial charge in [0.15, 0.2) is 5.82 Å². The number of hydrogen-bond donors (Lipinski definition) is 1. The molecule has 0 bridgehead atoms. The van der Waals surface area contributed by atoms with Crippen molar-refractivity contribution in [1.29, 1.82) is 0 Å². The number of hydrogen-bond acceptors (Lipinski definition) is 4. The first kappa shape index (κ1) is 15.5. The summed E-state index contributed by atoms with van der Waals surface area (Å²) in [4.78, 5) is 4.14. The lowest BCUT2D eigenvalue weighted by atomic mass is 10.0. The van der Waals surface area contributed by atoms with E-state index in [9.17, 15) is 13.2 Å². The summed E-state index contributed by atoms with van der Waals surface area (Å²) in [6, 6.07) is 5.07. The van der Waals surface area contributed by atoms with E-state index in [0.29, 0.717) is 23.7 Å². The monoisotopic (exact) mass is 299 g/mol. The highest BCUT2D eigenvalue weighted by Crippen LogP contribution is 2.29. The van der Waals surface area contributed by atoms with Gasteiger partial charge in [0.2, 0.25) is 5.89 Å². The van der Waals surface area contributed by atoms with Crippen molar-refractivity contribution >= 4 is 0 Å². The first-order valence-electron chi connectivity index (χ1n) is 6.40. The lowest BCUT2D eigenvalue weighted by Crippen LogP contribution is -2.34. The van der Waals surface area contributed by atoms with Crippen LogP contribution < -0.4 is 5.73 Å². The van der Waals surface area contributed by atoms with E-state index in [1.165, 1.54) is 6.07 Å². The molecule has 0 aliphatic carbocycles. The van der Waals surface area contributed by atoms with E-state index < -0.39 is 17.3 Å². The van der Waals surface area contributed by atoms with Crippen LogP contribution in [-0.4, -0.2) is 15.7 Å². The number of nitrogens with two attached hydrogens (primary N) is 1. The second-order valence-corrected chi connectivity index (χ2v) is 5.64. The van der Waals surface area contributed by atoms with Gasteiger partial charge in [0.1, 0.15) is 0 Å². The van der Waals surface area contributed by atoms with Gasteiger partial charge in [-0.25, -0.2) is 0 Å². The molecule has 7 heteroatoms. The van der Waals surface area contributed by atoms with Crippen molar-refractivity contribution in [2.45, 2.75) is 38.4 Å². The highest BCUT2D eigenvalue weighted by atomic mass is 19.4. The second-order valence-electron chi connectivity index (χ2n) is 5.64. The summed E-state index contributed by atoms with van der Waals surface area (Å²) in [5.41, 5.74) is 5.15. The molecule has 0 spiro atoms. The van der Waals surface area contributed by atoms with Gasteiger partial charge in [-0.2, -0.15) is 18.2 Å². The normalized spacial score (nSPS) is 12.7. The van der Waals surface area contributed by atoms with E-state index in [4.69, 9.17) is 10.3 Å². The molecule has 0 amide bonds. The molecule has 0 atom stereocenters. The van der Waals surface area contributed by atoms with E-state index in [0.717, 1.165) is 12.1 Å². The van der Waals surface area contributed by atoms with Crippen LogP contribution in [0.3, 0.4) is 0 Å². The molecule has 1 aromatic heterocycles. The van der Waals surface area contributed by atoms with Crippen molar-refractivity contribution in [3.8, 4) is 0 Å². The molecule has 0 aliphatic heterocycles. The van der Waals surface area contributed by atoms with Crippen LogP contribution in [0, 0.1) is 0 Å². The lowest BCUT2D eigenvalue weighted by Gasteiger charge is -2.14. The van der Waals surface area contributed by atoms with Gasteiger partial charge in [0.05, 0.1) is 5.56 Å². The van der Waals surface area contributed by atoms with Gasteiger partial charge < -0.3 is 10.3 Å². The fourth-order valence-electron chi connectivity index (χ4n) is 1.86. The molecule has 1 aromatic carbocycles. The van der Waals surface area contributed by atoms with Gasteiger partial charge >= 0.3 is 6.18 Å². The number of aromatic nitrogens is 2. The first-order valence-corrected chi connectivity index (χ1v) is 6.40. The topological polar surface area (TPSA) is 64.9 Å². The maximum Gasteiger partial charge on any atom is 0.416 e. The maximum absolute atomic E-state index is 12.6. The Morgan fingerprint density at radius 2 is 1.95 bits per heavy atom. The molecule has 0 unspecified atom stereocenters. The Kier molecular flexibility index (Phi) is 4.04. The molecule has 21 heavy (non-hydrogen) atoms. The van der Waals surface area contributed by atoms with E-state index in [2.05, 4.69) is 10.1 Å². The van der Waals surface area contributed by atoms with E-state index >= 15 is 0 Å². The molecule has 0 aliphatic rings. The zero-order valence-electron chi connectivity index (χ0n) is 11.7. The summed E-state index contributed by atoms with van der Waals surface area (Å²) in [6.07, 6.45) is -3.77. The second kappa shape index (κ2) is 5.48. The lowest BCUT2D eigenvalue weighted by molar-refractivity contribution is -0.137. The van der Waals surface area contributed by atoms with E-state index in [1.807, 2.05) is 13.8 Å². The summed E-state index contributed by atoms with van der Waals surface area (Å²) in [5, 5.41) is 3.76. The van der Waals surface area contributed by atoms with Crippen molar-refractivity contribution in [1.82, 2.24) is 10.1 Å². The van der Waals surface area contributed by atoms with Crippen LogP contribution >= 0.6 is 0 Å². The van der Waals surface area contributed by atoms with Crippen LogP contribution in [0.25, 0.3) is 0 Å². The Morgan fingerprint density at radius 3 is 2.57 bits per heavy atom. The largest absolute Gasteiger partial charge is 0.416 e. The molecule has 1 heterocycles. The molecular weight excluding hydrogens is 283 g/mol. The summed E-state index contributed by atoms with van der Waals surface area (Å²) < 4.78 is 42.9. The molecule has 2 N–H and O–H groups in total. The standard InChI is InChI=1S/C14H16F3N3O/c1-13(2,18)8-12-19-11(20-21-12)7-9-4-3-5-10(6-9)14(15,16)17/h3-6H,7-8,18H2,1-2H3. The zero-order valence-corrected chi connectivity index (χ0v) is 11.7. The number of rotatable bonds is 4. The third-order valence-electron chi connectivity index (χ3n) is 2.73. The molecule has 2 rings (SSSR count). The highest BCUT2D eigenvalue weighted by molar-refractivity contribution is 5.27. The summed E-state index contributed by atoms with van der Waals surface area (Å²) >= 11 is 0. The van der Waals surface area contributed by atoms with E-state index in [-0.39, 0.29) is 6.42 Å². The fraction of sp³-hybridized carbons (Fsp3) is 0.429. The quantitative estimate of drug-likeness (QED) is 0.942. The van der Waals surface area contributed by atoms with Gasteiger partial charge in [-0.1, -0.05) is 23.4 Å². The fourth-order valence-corrected chi connectivity index (χ4v) is 1.86. The minimum atomic E-state index is -4.36. The zero-order chi connectivity index (χ0) is 15.7. The van der Waals surface area contributed by atoms with Crippen LogP contribution in [-0.2, 0) is 19.0 Å². The Hall–Kier alpha value is -1.89. The number of halogens is 3. The Labute approximate surface area is 120 Å². The van der Waals surface area contributed by atoms with E-state index in [1.54, 1.807) is 6.07 Å². The Balaban J connectivity index is 2.12. The van der Waals surface area contributed by atoms with Crippen molar-refractivity contribution in [3.63, 3.8) is 0 Å². The number of alkyl halides is 3. The summed E-state index contributed by atoms with van der Waals surface area (Å²) in [7, 11) is 0. The van der Waals surface area contributed by atoms with Gasteiger partial charge in [-0.15, -0.1) is 0 Å². The predicted octanol–water partition coefficient (Wildman–Crippen LogP) is 2.96. The summed E-state index contributed by atoms with van der Waals surface area (Å²) in [5.74, 6) is 0.720. The SMILES string of the molecule is CC(C)(N)Cc1nc(Cc2cccc(C(F)(F)F)c2)no1. The maximum atomic E-state index is 12.6. The molecule has 0 saturated carbocycles. The van der Waals surface area contributed by atoms with Gasteiger partial charge in [0, 0.05) is 18.4 Å². The van der Waals surface area contributed by atoms with Crippen LogP contribution in [0.1, 0.15) is 36.7 Å². The van der Waals surface area contributed by atoms with Crippen molar-refractivity contribution < 1.29 is 17.7 Å². The van der Waals surface area contributed by atoms with Gasteiger partial charge in [-0.05, 0) is 25.5 Å². The number of nitrogens with zero attached hydrogens (tertiary/aromatic N) is 2. The smallest absolute Gasteiger partial charge is 0.339 e.